The summed E-state index contributed by atoms with van der Waals surface area (Å²) in [4.78, 5) is 38.3. The van der Waals surface area contributed by atoms with Gasteiger partial charge in [0.15, 0.2) is 6.10 Å². The number of carbonyl (C=O) groups is 3. The standard InChI is InChI=1S/C76H146O6/c1-4-7-10-13-16-19-21-23-25-27-29-31-33-35-37-38-40-41-43-45-47-49-51-53-55-57-60-63-66-69-75(78)81-72-73(71-80-74(77)68-65-62-59-18-15-12-9-6-3)82-76(79)70-67-64-61-58-56-54-52-50-48-46-44-42-39-36-34-32-30-28-26-24-22-20-17-14-11-8-5-2/h28,30,73H,4-27,29,31-72H2,1-3H3/b30-28-. The zero-order valence-corrected chi connectivity index (χ0v) is 56.1. The van der Waals surface area contributed by atoms with Crippen LogP contribution in [0.25, 0.3) is 0 Å². The lowest BCUT2D eigenvalue weighted by Gasteiger charge is -2.18. The first-order chi connectivity index (χ1) is 40.5. The first kappa shape index (κ1) is 80.2. The molecule has 82 heavy (non-hydrogen) atoms. The Balaban J connectivity index is 4.00. The van der Waals surface area contributed by atoms with Crippen LogP contribution in [0.4, 0.5) is 0 Å². The molecule has 0 saturated carbocycles. The van der Waals surface area contributed by atoms with E-state index in [0.29, 0.717) is 19.3 Å². The second-order valence-electron chi connectivity index (χ2n) is 25.9. The first-order valence-corrected chi connectivity index (χ1v) is 37.7. The third-order valence-corrected chi connectivity index (χ3v) is 17.5. The molecule has 1 unspecified atom stereocenters. The number of allylic oxidation sites excluding steroid dienone is 2. The van der Waals surface area contributed by atoms with Crippen LogP contribution in [-0.2, 0) is 28.6 Å². The van der Waals surface area contributed by atoms with Crippen LogP contribution < -0.4 is 0 Å². The summed E-state index contributed by atoms with van der Waals surface area (Å²) in [6, 6.07) is 0. The maximum atomic E-state index is 12.9. The lowest BCUT2D eigenvalue weighted by Crippen LogP contribution is -2.30. The Morgan fingerprint density at radius 3 is 0.610 bits per heavy atom. The molecular formula is C76H146O6. The number of rotatable bonds is 71. The summed E-state index contributed by atoms with van der Waals surface area (Å²) in [5.41, 5.74) is 0. The van der Waals surface area contributed by atoms with Gasteiger partial charge in [-0.1, -0.05) is 386 Å². The summed E-state index contributed by atoms with van der Waals surface area (Å²) < 4.78 is 17.0. The highest BCUT2D eigenvalue weighted by molar-refractivity contribution is 5.71. The van der Waals surface area contributed by atoms with Crippen molar-refractivity contribution in [2.24, 2.45) is 0 Å². The Bertz CT molecular complexity index is 1280. The van der Waals surface area contributed by atoms with E-state index in [1.807, 2.05) is 0 Å². The number of esters is 3. The first-order valence-electron chi connectivity index (χ1n) is 37.7. The summed E-state index contributed by atoms with van der Waals surface area (Å²) in [5, 5.41) is 0. The molecule has 0 bridgehead atoms. The normalized spacial score (nSPS) is 12.0. The molecule has 0 aromatic rings. The van der Waals surface area contributed by atoms with Gasteiger partial charge in [-0.3, -0.25) is 14.4 Å². The van der Waals surface area contributed by atoms with Gasteiger partial charge in [-0.2, -0.15) is 0 Å². The van der Waals surface area contributed by atoms with Crippen LogP contribution in [0.15, 0.2) is 12.2 Å². The zero-order valence-electron chi connectivity index (χ0n) is 56.1. The Labute approximate surface area is 513 Å². The lowest BCUT2D eigenvalue weighted by atomic mass is 10.0. The fraction of sp³-hybridized carbons (Fsp3) is 0.934. The quantitative estimate of drug-likeness (QED) is 0.0261. The van der Waals surface area contributed by atoms with Gasteiger partial charge in [0.1, 0.15) is 13.2 Å². The van der Waals surface area contributed by atoms with Crippen LogP contribution in [0.5, 0.6) is 0 Å². The minimum Gasteiger partial charge on any atom is -0.462 e. The van der Waals surface area contributed by atoms with Crippen LogP contribution in [0.3, 0.4) is 0 Å². The van der Waals surface area contributed by atoms with E-state index in [-0.39, 0.29) is 31.1 Å². The van der Waals surface area contributed by atoms with E-state index in [2.05, 4.69) is 32.9 Å². The highest BCUT2D eigenvalue weighted by Gasteiger charge is 2.20. The lowest BCUT2D eigenvalue weighted by molar-refractivity contribution is -0.167. The summed E-state index contributed by atoms with van der Waals surface area (Å²) in [5.74, 6) is -0.832. The van der Waals surface area contributed by atoms with Gasteiger partial charge in [0.05, 0.1) is 0 Å². The molecule has 0 aliphatic carbocycles. The van der Waals surface area contributed by atoms with Gasteiger partial charge in [0.2, 0.25) is 0 Å². The van der Waals surface area contributed by atoms with Gasteiger partial charge in [-0.05, 0) is 44.9 Å². The molecule has 0 spiro atoms. The number of carbonyl (C=O) groups excluding carboxylic acids is 3. The van der Waals surface area contributed by atoms with Crippen molar-refractivity contribution in [2.75, 3.05) is 13.2 Å². The predicted molar refractivity (Wildman–Crippen MR) is 358 cm³/mol. The van der Waals surface area contributed by atoms with E-state index in [4.69, 9.17) is 14.2 Å². The Kier molecular flexibility index (Phi) is 70.0. The number of hydrogen-bond acceptors (Lipinski definition) is 6. The van der Waals surface area contributed by atoms with E-state index in [1.165, 1.54) is 340 Å². The predicted octanol–water partition coefficient (Wildman–Crippen LogP) is 26.0. The Morgan fingerprint density at radius 1 is 0.232 bits per heavy atom. The summed E-state index contributed by atoms with van der Waals surface area (Å²) in [6.07, 6.45) is 87.2. The molecule has 6 heteroatoms. The van der Waals surface area contributed by atoms with Crippen molar-refractivity contribution in [3.8, 4) is 0 Å². The van der Waals surface area contributed by atoms with Crippen molar-refractivity contribution in [2.45, 2.75) is 444 Å². The molecule has 0 aromatic carbocycles. The van der Waals surface area contributed by atoms with Crippen molar-refractivity contribution < 1.29 is 28.6 Å². The Morgan fingerprint density at radius 2 is 0.402 bits per heavy atom. The molecule has 0 aliphatic heterocycles. The SMILES string of the molecule is CCCCCCCCCC/C=C\CCCCCCCCCCCCCCCCCC(=O)OC(COC(=O)CCCCCCCCCC)COC(=O)CCCCCCCCCCCCCCCCCCCCCCCCCCCCCCC. The van der Waals surface area contributed by atoms with Crippen LogP contribution in [0.1, 0.15) is 438 Å². The van der Waals surface area contributed by atoms with Gasteiger partial charge in [0, 0.05) is 19.3 Å². The summed E-state index contributed by atoms with van der Waals surface area (Å²) in [7, 11) is 0. The van der Waals surface area contributed by atoms with Crippen LogP contribution in [0, 0.1) is 0 Å². The molecule has 0 heterocycles. The van der Waals surface area contributed by atoms with E-state index < -0.39 is 6.10 Å². The third-order valence-electron chi connectivity index (χ3n) is 17.5. The number of ether oxygens (including phenoxy) is 3. The number of unbranched alkanes of at least 4 members (excludes halogenated alkanes) is 58. The van der Waals surface area contributed by atoms with Crippen molar-refractivity contribution in [1.29, 1.82) is 0 Å². The molecule has 0 rings (SSSR count). The highest BCUT2D eigenvalue weighted by Crippen LogP contribution is 2.20. The van der Waals surface area contributed by atoms with E-state index in [9.17, 15) is 14.4 Å². The topological polar surface area (TPSA) is 78.9 Å². The van der Waals surface area contributed by atoms with Crippen molar-refractivity contribution in [3.63, 3.8) is 0 Å². The second kappa shape index (κ2) is 71.6. The smallest absolute Gasteiger partial charge is 0.306 e. The van der Waals surface area contributed by atoms with Gasteiger partial charge in [-0.15, -0.1) is 0 Å². The Hall–Kier alpha value is -1.85. The molecule has 0 saturated heterocycles. The largest absolute Gasteiger partial charge is 0.462 e. The maximum absolute atomic E-state index is 12.9. The van der Waals surface area contributed by atoms with E-state index in [0.717, 1.165) is 57.8 Å². The van der Waals surface area contributed by atoms with Crippen molar-refractivity contribution in [1.82, 2.24) is 0 Å². The van der Waals surface area contributed by atoms with Gasteiger partial charge in [-0.25, -0.2) is 0 Å². The van der Waals surface area contributed by atoms with Gasteiger partial charge >= 0.3 is 17.9 Å². The molecule has 0 fully saturated rings. The van der Waals surface area contributed by atoms with E-state index >= 15 is 0 Å². The fourth-order valence-electron chi connectivity index (χ4n) is 11.9. The average molecular weight is 1160 g/mol. The van der Waals surface area contributed by atoms with Crippen LogP contribution in [-0.4, -0.2) is 37.2 Å². The minimum absolute atomic E-state index is 0.0628. The van der Waals surface area contributed by atoms with Crippen LogP contribution in [0.2, 0.25) is 0 Å². The summed E-state index contributed by atoms with van der Waals surface area (Å²) in [6.45, 7) is 6.70. The molecule has 0 N–H and O–H groups in total. The molecule has 0 aliphatic rings. The molecule has 1 atom stereocenters. The molecule has 0 aromatic heterocycles. The van der Waals surface area contributed by atoms with Crippen molar-refractivity contribution in [3.05, 3.63) is 12.2 Å². The summed E-state index contributed by atoms with van der Waals surface area (Å²) >= 11 is 0. The second-order valence-corrected chi connectivity index (χ2v) is 25.9. The molecule has 6 nitrogen and oxygen atoms in total. The van der Waals surface area contributed by atoms with Gasteiger partial charge in [0.25, 0.3) is 0 Å². The average Bonchev–Trinajstić information content (AvgIpc) is 3.48. The maximum Gasteiger partial charge on any atom is 0.306 e. The zero-order chi connectivity index (χ0) is 59.2. The fourth-order valence-corrected chi connectivity index (χ4v) is 11.9. The molecule has 486 valence electrons. The molecule has 0 amide bonds. The minimum atomic E-state index is -0.765. The number of hydrogen-bond donors (Lipinski definition) is 0. The highest BCUT2D eigenvalue weighted by atomic mass is 16.6. The molecule has 0 radical (unpaired) electrons. The molecular weight excluding hydrogens is 1010 g/mol. The monoisotopic (exact) mass is 1160 g/mol. The third kappa shape index (κ3) is 68.9. The van der Waals surface area contributed by atoms with E-state index in [1.54, 1.807) is 0 Å². The van der Waals surface area contributed by atoms with Crippen LogP contribution >= 0.6 is 0 Å². The van der Waals surface area contributed by atoms with Gasteiger partial charge < -0.3 is 14.2 Å². The van der Waals surface area contributed by atoms with Crippen molar-refractivity contribution >= 4 is 17.9 Å².